The van der Waals surface area contributed by atoms with Gasteiger partial charge in [-0.2, -0.15) is 0 Å². The highest BCUT2D eigenvalue weighted by Gasteiger charge is 2.19. The van der Waals surface area contributed by atoms with Crippen LogP contribution in [0.5, 0.6) is 0 Å². The van der Waals surface area contributed by atoms with Gasteiger partial charge in [-0.1, -0.05) is 48.0 Å². The molecule has 0 atom stereocenters. The van der Waals surface area contributed by atoms with E-state index >= 15 is 0 Å². The Labute approximate surface area is 136 Å². The minimum atomic E-state index is -0.508. The van der Waals surface area contributed by atoms with Crippen LogP contribution < -0.4 is 11.1 Å². The Bertz CT molecular complexity index is 713. The molecule has 0 aliphatic heterocycles. The number of hydrogen-bond acceptors (Lipinski definition) is 3. The van der Waals surface area contributed by atoms with Crippen LogP contribution in [-0.2, 0) is 0 Å². The molecule has 0 fully saturated rings. The summed E-state index contributed by atoms with van der Waals surface area (Å²) >= 11 is 0. The topological polar surface area (TPSA) is 72.2 Å². The van der Waals surface area contributed by atoms with E-state index in [4.69, 9.17) is 5.73 Å². The number of nitrogens with two attached hydrogens (primary N) is 1. The van der Waals surface area contributed by atoms with Gasteiger partial charge < -0.3 is 11.1 Å². The van der Waals surface area contributed by atoms with E-state index in [0.29, 0.717) is 23.2 Å². The van der Waals surface area contributed by atoms with E-state index in [-0.39, 0.29) is 11.7 Å². The summed E-state index contributed by atoms with van der Waals surface area (Å²) in [6.45, 7) is 5.95. The Morgan fingerprint density at radius 2 is 1.57 bits per heavy atom. The van der Waals surface area contributed by atoms with Crippen molar-refractivity contribution in [3.8, 4) is 0 Å². The number of amides is 1. The van der Waals surface area contributed by atoms with Crippen LogP contribution in [0, 0.1) is 6.92 Å². The van der Waals surface area contributed by atoms with Gasteiger partial charge in [0.05, 0.1) is 5.56 Å². The van der Waals surface area contributed by atoms with Gasteiger partial charge in [-0.05, 0) is 26.8 Å². The zero-order valence-electron chi connectivity index (χ0n) is 13.7. The average molecular weight is 310 g/mol. The first-order chi connectivity index (χ1) is 10.8. The van der Waals surface area contributed by atoms with E-state index in [1.54, 1.807) is 36.4 Å². The van der Waals surface area contributed by atoms with Crippen LogP contribution in [0.15, 0.2) is 48.5 Å². The lowest BCUT2D eigenvalue weighted by molar-refractivity contribution is 0.0935. The maximum absolute atomic E-state index is 12.7. The molecule has 0 spiro atoms. The molecule has 1 amide bonds. The summed E-state index contributed by atoms with van der Waals surface area (Å²) in [5.41, 5.74) is 7.78. The van der Waals surface area contributed by atoms with Gasteiger partial charge in [-0.3, -0.25) is 9.59 Å². The fraction of sp³-hybridized carbons (Fsp3) is 0.263. The summed E-state index contributed by atoms with van der Waals surface area (Å²) in [4.78, 5) is 25.1. The van der Waals surface area contributed by atoms with Crippen LogP contribution >= 0.6 is 0 Å². The van der Waals surface area contributed by atoms with Crippen LogP contribution in [0.4, 0.5) is 0 Å². The molecule has 0 saturated heterocycles. The standard InChI is InChI=1S/C19H22N2O2/c1-13-8-10-14(11-9-13)17(22)15-6-4-5-7-16(15)18(23)21-12-19(2,3)20/h4-11H,12,20H2,1-3H3,(H,21,23). The Kier molecular flexibility index (Phi) is 4.96. The quantitative estimate of drug-likeness (QED) is 0.834. The fourth-order valence-electron chi connectivity index (χ4n) is 2.14. The van der Waals surface area contributed by atoms with Crippen LogP contribution in [0.25, 0.3) is 0 Å². The smallest absolute Gasteiger partial charge is 0.252 e. The van der Waals surface area contributed by atoms with Crippen molar-refractivity contribution >= 4 is 11.7 Å². The first-order valence-corrected chi connectivity index (χ1v) is 7.55. The molecule has 0 unspecified atom stereocenters. The zero-order chi connectivity index (χ0) is 17.0. The van der Waals surface area contributed by atoms with Gasteiger partial charge in [0.25, 0.3) is 5.91 Å². The second-order valence-corrected chi connectivity index (χ2v) is 6.41. The van der Waals surface area contributed by atoms with E-state index in [2.05, 4.69) is 5.32 Å². The molecule has 0 aromatic heterocycles. The Balaban J connectivity index is 2.28. The van der Waals surface area contributed by atoms with Crippen molar-refractivity contribution in [2.75, 3.05) is 6.54 Å². The molecule has 2 aromatic rings. The number of hydrogen-bond donors (Lipinski definition) is 2. The van der Waals surface area contributed by atoms with E-state index in [0.717, 1.165) is 5.56 Å². The molecule has 0 aliphatic carbocycles. The van der Waals surface area contributed by atoms with Gasteiger partial charge in [-0.25, -0.2) is 0 Å². The number of aryl methyl sites for hydroxylation is 1. The highest BCUT2D eigenvalue weighted by atomic mass is 16.2. The van der Waals surface area contributed by atoms with Crippen molar-refractivity contribution in [2.45, 2.75) is 26.3 Å². The van der Waals surface area contributed by atoms with Gasteiger partial charge >= 0.3 is 0 Å². The highest BCUT2D eigenvalue weighted by molar-refractivity contribution is 6.15. The first kappa shape index (κ1) is 16.9. The molecule has 3 N–H and O–H groups in total. The monoisotopic (exact) mass is 310 g/mol. The third-order valence-electron chi connectivity index (χ3n) is 3.43. The number of carbonyl (C=O) groups is 2. The Hall–Kier alpha value is -2.46. The molecular formula is C19H22N2O2. The summed E-state index contributed by atoms with van der Waals surface area (Å²) < 4.78 is 0. The SMILES string of the molecule is Cc1ccc(C(=O)c2ccccc2C(=O)NCC(C)(C)N)cc1. The largest absolute Gasteiger partial charge is 0.350 e. The molecule has 4 nitrogen and oxygen atoms in total. The van der Waals surface area contributed by atoms with Gasteiger partial charge in [-0.15, -0.1) is 0 Å². The molecule has 2 aromatic carbocycles. The van der Waals surface area contributed by atoms with Gasteiger partial charge in [0.15, 0.2) is 5.78 Å². The van der Waals surface area contributed by atoms with E-state index in [1.165, 1.54) is 0 Å². The van der Waals surface area contributed by atoms with Crippen molar-refractivity contribution in [2.24, 2.45) is 5.73 Å². The normalized spacial score (nSPS) is 11.1. The predicted octanol–water partition coefficient (Wildman–Crippen LogP) is 2.69. The molecule has 0 saturated carbocycles. The molecule has 0 bridgehead atoms. The molecule has 0 aliphatic rings. The van der Waals surface area contributed by atoms with Gasteiger partial charge in [0.2, 0.25) is 0 Å². The van der Waals surface area contributed by atoms with Crippen LogP contribution in [0.3, 0.4) is 0 Å². The second-order valence-electron chi connectivity index (χ2n) is 6.41. The number of benzene rings is 2. The van der Waals surface area contributed by atoms with Crippen molar-refractivity contribution in [3.63, 3.8) is 0 Å². The number of nitrogens with one attached hydrogen (secondary N) is 1. The number of ketones is 1. The predicted molar refractivity (Wildman–Crippen MR) is 91.7 cm³/mol. The number of rotatable bonds is 5. The second kappa shape index (κ2) is 6.75. The molecule has 0 heterocycles. The van der Waals surface area contributed by atoms with Crippen molar-refractivity contribution < 1.29 is 9.59 Å². The lowest BCUT2D eigenvalue weighted by atomic mass is 9.97. The van der Waals surface area contributed by atoms with Crippen molar-refractivity contribution in [3.05, 3.63) is 70.8 Å². The van der Waals surface area contributed by atoms with Crippen molar-refractivity contribution in [1.29, 1.82) is 0 Å². The Morgan fingerprint density at radius 3 is 2.13 bits per heavy atom. The van der Waals surface area contributed by atoms with E-state index in [9.17, 15) is 9.59 Å². The van der Waals surface area contributed by atoms with Crippen molar-refractivity contribution in [1.82, 2.24) is 5.32 Å². The van der Waals surface area contributed by atoms with E-state index in [1.807, 2.05) is 32.9 Å². The number of carbonyl (C=O) groups excluding carboxylic acids is 2. The molecule has 0 radical (unpaired) electrons. The summed E-state index contributed by atoms with van der Waals surface area (Å²) in [5, 5.41) is 2.78. The average Bonchev–Trinajstić information content (AvgIpc) is 2.52. The summed E-state index contributed by atoms with van der Waals surface area (Å²) in [6, 6.07) is 14.1. The maximum Gasteiger partial charge on any atom is 0.252 e. The molecular weight excluding hydrogens is 288 g/mol. The fourth-order valence-corrected chi connectivity index (χ4v) is 2.14. The third kappa shape index (κ3) is 4.50. The van der Waals surface area contributed by atoms with Gasteiger partial charge in [0.1, 0.15) is 0 Å². The van der Waals surface area contributed by atoms with Crippen LogP contribution in [-0.4, -0.2) is 23.8 Å². The summed E-state index contributed by atoms with van der Waals surface area (Å²) in [5.74, 6) is -0.456. The van der Waals surface area contributed by atoms with Crippen LogP contribution in [0.2, 0.25) is 0 Å². The minimum absolute atomic E-state index is 0.164. The van der Waals surface area contributed by atoms with E-state index < -0.39 is 5.54 Å². The molecule has 2 rings (SSSR count). The Morgan fingerprint density at radius 1 is 1.00 bits per heavy atom. The third-order valence-corrected chi connectivity index (χ3v) is 3.43. The molecule has 23 heavy (non-hydrogen) atoms. The first-order valence-electron chi connectivity index (χ1n) is 7.55. The van der Waals surface area contributed by atoms with Gasteiger partial charge in [0, 0.05) is 23.2 Å². The van der Waals surface area contributed by atoms with Crippen LogP contribution in [0.1, 0.15) is 45.7 Å². The lowest BCUT2D eigenvalue weighted by Crippen LogP contribution is -2.45. The maximum atomic E-state index is 12.7. The highest BCUT2D eigenvalue weighted by Crippen LogP contribution is 2.15. The molecule has 4 heteroatoms. The lowest BCUT2D eigenvalue weighted by Gasteiger charge is -2.19. The summed E-state index contributed by atoms with van der Waals surface area (Å²) in [6.07, 6.45) is 0. The molecule has 120 valence electrons. The minimum Gasteiger partial charge on any atom is -0.350 e. The summed E-state index contributed by atoms with van der Waals surface area (Å²) in [7, 11) is 0. The zero-order valence-corrected chi connectivity index (χ0v) is 13.7.